The molecule has 0 radical (unpaired) electrons. The lowest BCUT2D eigenvalue weighted by atomic mass is 9.98. The van der Waals surface area contributed by atoms with Crippen molar-refractivity contribution in [3.8, 4) is 5.75 Å². The van der Waals surface area contributed by atoms with Crippen molar-refractivity contribution in [3.05, 3.63) is 58.0 Å². The molecule has 0 saturated carbocycles. The van der Waals surface area contributed by atoms with Crippen LogP contribution in [0.25, 0.3) is 5.57 Å². The zero-order chi connectivity index (χ0) is 21.0. The number of aryl methyl sites for hydroxylation is 1. The number of phenols is 1. The summed E-state index contributed by atoms with van der Waals surface area (Å²) in [5.74, 6) is -0.670. The van der Waals surface area contributed by atoms with Gasteiger partial charge in [0.15, 0.2) is 0 Å². The predicted octanol–water partition coefficient (Wildman–Crippen LogP) is 4.41. The molecule has 2 aromatic rings. The van der Waals surface area contributed by atoms with Gasteiger partial charge >= 0.3 is 0 Å². The molecule has 4 rings (SSSR count). The molecule has 1 fully saturated rings. The van der Waals surface area contributed by atoms with E-state index in [4.69, 9.17) is 0 Å². The van der Waals surface area contributed by atoms with Gasteiger partial charge in [0.25, 0.3) is 17.1 Å². The summed E-state index contributed by atoms with van der Waals surface area (Å²) in [7, 11) is 1.65. The molecule has 0 aliphatic carbocycles. The van der Waals surface area contributed by atoms with Crippen LogP contribution in [0.3, 0.4) is 0 Å². The Morgan fingerprint density at radius 1 is 1.00 bits per heavy atom. The minimum absolute atomic E-state index is 0.0181. The second-order valence-corrected chi connectivity index (χ2v) is 8.41. The van der Waals surface area contributed by atoms with E-state index in [0.29, 0.717) is 28.1 Å². The molecular weight excluding hydrogens is 388 g/mol. The number of hydrogen-bond acceptors (Lipinski definition) is 5. The van der Waals surface area contributed by atoms with Crippen LogP contribution in [-0.4, -0.2) is 29.2 Å². The van der Waals surface area contributed by atoms with E-state index >= 15 is 0 Å². The summed E-state index contributed by atoms with van der Waals surface area (Å²) in [6.45, 7) is 5.58. The highest BCUT2D eigenvalue weighted by Gasteiger charge is 2.43. The summed E-state index contributed by atoms with van der Waals surface area (Å²) in [5, 5.41) is 9.75. The predicted molar refractivity (Wildman–Crippen MR) is 114 cm³/mol. The molecule has 0 unspecified atom stereocenters. The van der Waals surface area contributed by atoms with E-state index in [0.717, 1.165) is 16.7 Å². The maximum absolute atomic E-state index is 13.3. The number of nitrogens with zero attached hydrogens (tertiary/aromatic N) is 2. The Morgan fingerprint density at radius 2 is 1.69 bits per heavy atom. The molecule has 0 aromatic heterocycles. The molecule has 1 saturated heterocycles. The number of thioether (sulfide) groups is 1. The summed E-state index contributed by atoms with van der Waals surface area (Å²) >= 11 is 0.777. The number of rotatable bonds is 2. The van der Waals surface area contributed by atoms with Gasteiger partial charge in [-0.3, -0.25) is 14.4 Å². The van der Waals surface area contributed by atoms with Crippen LogP contribution in [0.4, 0.5) is 16.2 Å². The molecule has 3 amide bonds. The number of imide groups is 1. The summed E-state index contributed by atoms with van der Waals surface area (Å²) in [6.07, 6.45) is 0. The summed E-state index contributed by atoms with van der Waals surface area (Å²) in [4.78, 5) is 41.7. The highest BCUT2D eigenvalue weighted by molar-refractivity contribution is 8.19. The fourth-order valence-electron chi connectivity index (χ4n) is 3.72. The number of benzene rings is 2. The molecule has 2 aromatic carbocycles. The van der Waals surface area contributed by atoms with Gasteiger partial charge in [-0.1, -0.05) is 32.0 Å². The Labute approximate surface area is 172 Å². The third-order valence-electron chi connectivity index (χ3n) is 5.26. The number of hydrogen-bond donors (Lipinski definition) is 1. The normalized spacial score (nSPS) is 19.0. The van der Waals surface area contributed by atoms with Crippen molar-refractivity contribution in [2.75, 3.05) is 16.8 Å². The van der Waals surface area contributed by atoms with Gasteiger partial charge in [0.05, 0.1) is 21.9 Å². The molecule has 0 spiro atoms. The summed E-state index contributed by atoms with van der Waals surface area (Å²) < 4.78 is 0. The molecule has 6 nitrogen and oxygen atoms in total. The van der Waals surface area contributed by atoms with Crippen LogP contribution >= 0.6 is 11.8 Å². The number of para-hydroxylation sites is 1. The number of carbonyl (C=O) groups is 3. The first-order chi connectivity index (χ1) is 13.7. The van der Waals surface area contributed by atoms with Gasteiger partial charge in [0.2, 0.25) is 0 Å². The Morgan fingerprint density at radius 3 is 2.38 bits per heavy atom. The van der Waals surface area contributed by atoms with E-state index in [1.807, 2.05) is 26.0 Å². The third kappa shape index (κ3) is 2.84. The highest BCUT2D eigenvalue weighted by atomic mass is 32.2. The first-order valence-corrected chi connectivity index (χ1v) is 10.1. The van der Waals surface area contributed by atoms with Gasteiger partial charge in [-0.05, 0) is 53.9 Å². The van der Waals surface area contributed by atoms with Crippen molar-refractivity contribution in [1.29, 1.82) is 0 Å². The maximum atomic E-state index is 13.3. The fraction of sp³-hybridized carbons (Fsp3) is 0.227. The largest absolute Gasteiger partial charge is 0.508 e. The molecular formula is C22H20N2O4S. The van der Waals surface area contributed by atoms with Crippen molar-refractivity contribution in [2.45, 2.75) is 26.7 Å². The fourth-order valence-corrected chi connectivity index (χ4v) is 4.64. The van der Waals surface area contributed by atoms with E-state index in [2.05, 4.69) is 0 Å². The average molecular weight is 408 g/mol. The molecule has 29 heavy (non-hydrogen) atoms. The third-order valence-corrected chi connectivity index (χ3v) is 6.20. The van der Waals surface area contributed by atoms with Crippen molar-refractivity contribution >= 4 is 45.8 Å². The van der Waals surface area contributed by atoms with Crippen molar-refractivity contribution < 1.29 is 19.5 Å². The summed E-state index contributed by atoms with van der Waals surface area (Å²) in [5.41, 5.74) is 3.30. The van der Waals surface area contributed by atoms with Gasteiger partial charge in [0, 0.05) is 12.6 Å². The molecule has 1 N–H and O–H groups in total. The standard InChI is InChI=1S/C22H20N2O4S/c1-11(2)14-10-16(12(3)9-17(14)25)24-21(27)19(29-22(24)28)18-13-7-5-6-8-15(13)23(4)20(18)26/h5-11,25H,1-4H3. The number of likely N-dealkylation sites (N-methyl/N-ethyl adjacent to an activating group) is 1. The maximum Gasteiger partial charge on any atom is 0.298 e. The Bertz CT molecular complexity index is 1120. The van der Waals surface area contributed by atoms with E-state index < -0.39 is 11.1 Å². The summed E-state index contributed by atoms with van der Waals surface area (Å²) in [6, 6.07) is 10.5. The van der Waals surface area contributed by atoms with Crippen molar-refractivity contribution in [2.24, 2.45) is 0 Å². The number of phenolic OH excluding ortho intramolecular Hbond substituents is 1. The molecule has 7 heteroatoms. The molecule has 2 aliphatic heterocycles. The Hall–Kier alpha value is -3.06. The highest BCUT2D eigenvalue weighted by Crippen LogP contribution is 2.46. The van der Waals surface area contributed by atoms with E-state index in [9.17, 15) is 19.5 Å². The van der Waals surface area contributed by atoms with Crippen LogP contribution in [0.15, 0.2) is 41.3 Å². The van der Waals surface area contributed by atoms with Crippen LogP contribution in [0.5, 0.6) is 5.75 Å². The lowest BCUT2D eigenvalue weighted by molar-refractivity contribution is -0.115. The lowest BCUT2D eigenvalue weighted by Crippen LogP contribution is -2.29. The number of fused-ring (bicyclic) bond motifs is 1. The van der Waals surface area contributed by atoms with Crippen LogP contribution in [-0.2, 0) is 9.59 Å². The van der Waals surface area contributed by atoms with Gasteiger partial charge in [-0.2, -0.15) is 0 Å². The number of carbonyl (C=O) groups excluding carboxylic acids is 3. The number of aromatic hydroxyl groups is 1. The van der Waals surface area contributed by atoms with Gasteiger partial charge < -0.3 is 10.0 Å². The SMILES string of the molecule is Cc1cc(O)c(C(C)C)cc1N1C(=O)SC(=C2C(=O)N(C)c3ccccc32)C1=O. The molecule has 0 atom stereocenters. The van der Waals surface area contributed by atoms with E-state index in [1.165, 1.54) is 4.90 Å². The zero-order valence-corrected chi connectivity index (χ0v) is 17.3. The van der Waals surface area contributed by atoms with E-state index in [1.54, 1.807) is 38.2 Å². The minimum atomic E-state index is -0.517. The van der Waals surface area contributed by atoms with Gasteiger partial charge in [0.1, 0.15) is 5.75 Å². The smallest absolute Gasteiger partial charge is 0.298 e. The van der Waals surface area contributed by atoms with Crippen molar-refractivity contribution in [3.63, 3.8) is 0 Å². The molecule has 148 valence electrons. The average Bonchev–Trinajstić information content (AvgIpc) is 3.09. The van der Waals surface area contributed by atoms with Crippen LogP contribution in [0.2, 0.25) is 0 Å². The van der Waals surface area contributed by atoms with Gasteiger partial charge in [-0.15, -0.1) is 0 Å². The topological polar surface area (TPSA) is 77.9 Å². The van der Waals surface area contributed by atoms with Crippen LogP contribution < -0.4 is 9.80 Å². The molecule has 2 aliphatic rings. The first kappa shape index (κ1) is 19.3. The van der Waals surface area contributed by atoms with E-state index in [-0.39, 0.29) is 28.1 Å². The minimum Gasteiger partial charge on any atom is -0.508 e. The lowest BCUT2D eigenvalue weighted by Gasteiger charge is -2.19. The van der Waals surface area contributed by atoms with Crippen LogP contribution in [0.1, 0.15) is 36.5 Å². The number of anilines is 2. The zero-order valence-electron chi connectivity index (χ0n) is 16.5. The number of amides is 3. The Kier molecular flexibility index (Phi) is 4.50. The van der Waals surface area contributed by atoms with Gasteiger partial charge in [-0.25, -0.2) is 4.90 Å². The second-order valence-electron chi connectivity index (χ2n) is 7.45. The molecule has 0 bridgehead atoms. The second kappa shape index (κ2) is 6.77. The molecule has 2 heterocycles. The van der Waals surface area contributed by atoms with Crippen molar-refractivity contribution in [1.82, 2.24) is 0 Å². The Balaban J connectivity index is 1.86. The first-order valence-electron chi connectivity index (χ1n) is 9.23. The van der Waals surface area contributed by atoms with Crippen LogP contribution in [0, 0.1) is 6.92 Å². The quantitative estimate of drug-likeness (QED) is 0.745. The monoisotopic (exact) mass is 408 g/mol.